The topological polar surface area (TPSA) is 18.5 Å². The van der Waals surface area contributed by atoms with Crippen LogP contribution in [0.3, 0.4) is 0 Å². The van der Waals surface area contributed by atoms with Gasteiger partial charge in [-0.2, -0.15) is 23.8 Å². The van der Waals surface area contributed by atoms with Crippen molar-refractivity contribution in [3.05, 3.63) is 47.4 Å². The summed E-state index contributed by atoms with van der Waals surface area (Å²) in [5.41, 5.74) is 1.43. The van der Waals surface area contributed by atoms with Crippen LogP contribution in [0.1, 0.15) is 40.2 Å². The zero-order chi connectivity index (χ0) is 13.4. The first-order valence-electron chi connectivity index (χ1n) is 6.33. The van der Waals surface area contributed by atoms with Crippen molar-refractivity contribution >= 4 is 7.12 Å². The van der Waals surface area contributed by atoms with Crippen molar-refractivity contribution in [1.29, 1.82) is 0 Å². The molecule has 2 rings (SSSR count). The van der Waals surface area contributed by atoms with Crippen LogP contribution < -0.4 is 0 Å². The fourth-order valence-corrected chi connectivity index (χ4v) is 1.83. The van der Waals surface area contributed by atoms with Crippen LogP contribution in [0.25, 0.3) is 0 Å². The van der Waals surface area contributed by atoms with Crippen molar-refractivity contribution in [1.82, 2.24) is 0 Å². The van der Waals surface area contributed by atoms with Crippen LogP contribution in [0.5, 0.6) is 0 Å². The van der Waals surface area contributed by atoms with Crippen molar-refractivity contribution in [3.63, 3.8) is 0 Å². The molecule has 0 bridgehead atoms. The quantitative estimate of drug-likeness (QED) is 0.616. The number of benzene rings is 1. The first-order chi connectivity index (χ1) is 8.32. The Balaban J connectivity index is 0.00000180. The summed E-state index contributed by atoms with van der Waals surface area (Å²) in [4.78, 5) is 0. The summed E-state index contributed by atoms with van der Waals surface area (Å²) in [6.07, 6.45) is 3.33. The minimum absolute atomic E-state index is 0. The van der Waals surface area contributed by atoms with Crippen LogP contribution in [0.2, 0.25) is 0 Å². The molecule has 0 saturated carbocycles. The Morgan fingerprint density at radius 2 is 1.47 bits per heavy atom. The van der Waals surface area contributed by atoms with Gasteiger partial charge in [0.1, 0.15) is 0 Å². The molecule has 0 spiro atoms. The molecule has 1 saturated heterocycles. The maximum absolute atomic E-state index is 5.98. The maximum atomic E-state index is 5.98. The van der Waals surface area contributed by atoms with Crippen LogP contribution in [-0.4, -0.2) is 18.3 Å². The Morgan fingerprint density at radius 3 is 1.95 bits per heavy atom. The van der Waals surface area contributed by atoms with Crippen LogP contribution >= 0.6 is 0 Å². The van der Waals surface area contributed by atoms with Crippen molar-refractivity contribution in [2.45, 2.75) is 45.8 Å². The molecule has 0 radical (unpaired) electrons. The van der Waals surface area contributed by atoms with E-state index >= 15 is 0 Å². The summed E-state index contributed by atoms with van der Waals surface area (Å²) >= 11 is 0. The number of rotatable bonds is 2. The third kappa shape index (κ3) is 3.52. The number of hydrogen-bond donors (Lipinski definition) is 0. The van der Waals surface area contributed by atoms with Crippen molar-refractivity contribution in [3.8, 4) is 0 Å². The largest absolute Gasteiger partial charge is 1.00 e. The molecule has 0 unspecified atom stereocenters. The Kier molecular flexibility index (Phi) is 5.08. The molecule has 19 heavy (non-hydrogen) atoms. The molecule has 1 aliphatic rings. The summed E-state index contributed by atoms with van der Waals surface area (Å²) < 4.78 is 12.0. The van der Waals surface area contributed by atoms with E-state index in [9.17, 15) is 0 Å². The minimum atomic E-state index is -0.310. The standard InChI is InChI=1S/C15H20BO2.Cu/c1-12(11-13-9-7-6-8-10-13)16-17-14(2,3)15(4,5)18-16;/h6-10H,1-5H3;/q-1;+1. The van der Waals surface area contributed by atoms with Gasteiger partial charge in [0, 0.05) is 0 Å². The van der Waals surface area contributed by atoms with Gasteiger partial charge in [0.25, 0.3) is 0 Å². The van der Waals surface area contributed by atoms with E-state index in [1.807, 2.05) is 37.3 Å². The number of hydrogen-bond acceptors (Lipinski definition) is 2. The number of allylic oxidation sites excluding steroid dienone is 1. The van der Waals surface area contributed by atoms with Crippen molar-refractivity contribution in [2.75, 3.05) is 0 Å². The third-order valence-corrected chi connectivity index (χ3v) is 3.72. The van der Waals surface area contributed by atoms with E-state index in [0.717, 1.165) is 11.0 Å². The smallest absolute Gasteiger partial charge is 0.400 e. The monoisotopic (exact) mass is 306 g/mol. The van der Waals surface area contributed by atoms with Crippen molar-refractivity contribution < 1.29 is 26.4 Å². The second kappa shape index (κ2) is 5.84. The fraction of sp³-hybridized carbons (Fsp3) is 0.467. The molecular formula is C15H20BCuO2. The summed E-state index contributed by atoms with van der Waals surface area (Å²) in [5, 5.41) is 0. The van der Waals surface area contributed by atoms with Gasteiger partial charge in [0.15, 0.2) is 0 Å². The zero-order valence-electron chi connectivity index (χ0n) is 12.1. The molecule has 0 amide bonds. The molecule has 1 heterocycles. The second-order valence-corrected chi connectivity index (χ2v) is 5.76. The van der Waals surface area contributed by atoms with E-state index in [-0.39, 0.29) is 35.4 Å². The summed E-state index contributed by atoms with van der Waals surface area (Å²) in [7, 11) is -0.310. The Labute approximate surface area is 127 Å². The van der Waals surface area contributed by atoms with Gasteiger partial charge in [0.2, 0.25) is 0 Å². The van der Waals surface area contributed by atoms with Crippen LogP contribution in [0, 0.1) is 6.08 Å². The van der Waals surface area contributed by atoms with Gasteiger partial charge in [-0.1, -0.05) is 13.0 Å². The summed E-state index contributed by atoms with van der Waals surface area (Å²) in [5.74, 6) is 0. The molecule has 2 nitrogen and oxygen atoms in total. The average molecular weight is 307 g/mol. The predicted octanol–water partition coefficient (Wildman–Crippen LogP) is 3.41. The first-order valence-corrected chi connectivity index (χ1v) is 6.33. The molecule has 1 aliphatic heterocycles. The van der Waals surface area contributed by atoms with E-state index in [0.29, 0.717) is 0 Å². The van der Waals surface area contributed by atoms with Gasteiger partial charge in [-0.3, -0.25) is 0 Å². The predicted molar refractivity (Wildman–Crippen MR) is 74.1 cm³/mol. The zero-order valence-corrected chi connectivity index (χ0v) is 13.0. The summed E-state index contributed by atoms with van der Waals surface area (Å²) in [6, 6.07) is 10.0. The molecule has 1 aromatic rings. The summed E-state index contributed by atoms with van der Waals surface area (Å²) in [6.45, 7) is 10.2. The second-order valence-electron chi connectivity index (χ2n) is 5.76. The SMILES string of the molecule is CC(=[C-]c1ccccc1)B1OC(C)(C)C(C)(C)O1.[Cu+]. The first kappa shape index (κ1) is 16.5. The Hall–Kier alpha value is -0.536. The molecule has 1 aromatic carbocycles. The van der Waals surface area contributed by atoms with Gasteiger partial charge in [-0.25, -0.2) is 0 Å². The molecule has 4 heteroatoms. The minimum Gasteiger partial charge on any atom is -0.400 e. The van der Waals surface area contributed by atoms with Gasteiger partial charge < -0.3 is 9.31 Å². The molecule has 0 atom stereocenters. The molecule has 0 N–H and O–H groups in total. The third-order valence-electron chi connectivity index (χ3n) is 3.72. The normalized spacial score (nSPS) is 21.1. The average Bonchev–Trinajstić information content (AvgIpc) is 2.50. The van der Waals surface area contributed by atoms with Crippen LogP contribution in [0.4, 0.5) is 0 Å². The van der Waals surface area contributed by atoms with E-state index in [4.69, 9.17) is 9.31 Å². The van der Waals surface area contributed by atoms with E-state index in [1.54, 1.807) is 0 Å². The van der Waals surface area contributed by atoms with E-state index in [2.05, 4.69) is 33.8 Å². The molecule has 106 valence electrons. The Morgan fingerprint density at radius 1 is 1.00 bits per heavy atom. The molecule has 0 aromatic heterocycles. The maximum Gasteiger partial charge on any atom is 1.00 e. The van der Waals surface area contributed by atoms with Gasteiger partial charge in [-0.05, 0) is 27.7 Å². The van der Waals surface area contributed by atoms with E-state index < -0.39 is 0 Å². The van der Waals surface area contributed by atoms with Crippen LogP contribution in [-0.2, 0) is 26.4 Å². The fourth-order valence-electron chi connectivity index (χ4n) is 1.83. The van der Waals surface area contributed by atoms with E-state index in [1.165, 1.54) is 0 Å². The Bertz CT molecular complexity index is 438. The molecule has 1 fully saturated rings. The van der Waals surface area contributed by atoms with Crippen molar-refractivity contribution in [2.24, 2.45) is 0 Å². The van der Waals surface area contributed by atoms with Gasteiger partial charge in [-0.15, -0.1) is 17.6 Å². The molecular weight excluding hydrogens is 287 g/mol. The molecule has 0 aliphatic carbocycles. The van der Waals surface area contributed by atoms with Gasteiger partial charge in [0.05, 0.1) is 11.2 Å². The van der Waals surface area contributed by atoms with Crippen LogP contribution in [0.15, 0.2) is 35.8 Å². The van der Waals surface area contributed by atoms with Gasteiger partial charge >= 0.3 is 24.2 Å².